The molecule has 0 fully saturated rings. The topological polar surface area (TPSA) is 35.5 Å². The van der Waals surface area contributed by atoms with Crippen molar-refractivity contribution in [1.29, 1.82) is 0 Å². The van der Waals surface area contributed by atoms with E-state index >= 15 is 0 Å². The molecule has 0 aromatic heterocycles. The second-order valence-corrected chi connectivity index (χ2v) is 6.14. The van der Waals surface area contributed by atoms with Crippen molar-refractivity contribution in [2.45, 2.75) is 59.2 Å². The maximum atomic E-state index is 11.6. The lowest BCUT2D eigenvalue weighted by atomic mass is 9.96. The van der Waals surface area contributed by atoms with E-state index in [1.807, 2.05) is 65.8 Å². The van der Waals surface area contributed by atoms with Crippen LogP contribution in [0.25, 0.3) is 0 Å². The van der Waals surface area contributed by atoms with Gasteiger partial charge in [-0.2, -0.15) is 0 Å². The van der Waals surface area contributed by atoms with E-state index in [0.29, 0.717) is 6.42 Å². The van der Waals surface area contributed by atoms with Crippen LogP contribution in [0.3, 0.4) is 0 Å². The first-order valence-corrected chi connectivity index (χ1v) is 6.66. The van der Waals surface area contributed by atoms with Gasteiger partial charge in [0.25, 0.3) is 0 Å². The number of hydrogen-bond donors (Lipinski definition) is 0. The first-order valence-electron chi connectivity index (χ1n) is 6.66. The Morgan fingerprint density at radius 1 is 1.00 bits per heavy atom. The number of ketones is 1. The minimum Gasteiger partial charge on any atom is -0.294 e. The fourth-order valence-corrected chi connectivity index (χ4v) is 1.54. The summed E-state index contributed by atoms with van der Waals surface area (Å²) < 4.78 is 0. The number of benzene rings is 1. The molecule has 0 saturated heterocycles. The number of carbonyl (C=O) groups excluding carboxylic acids is 1. The molecule has 0 bridgehead atoms. The van der Waals surface area contributed by atoms with Crippen molar-refractivity contribution in [2.75, 3.05) is 0 Å². The smallest absolute Gasteiger partial charge is 0.162 e. The molecule has 0 unspecified atom stereocenters. The molecule has 0 spiro atoms. The Bertz CT molecular complexity index is 424. The standard InChI is InChI=1S/C16H24O3/c1-7-14(17)12-8-10-13(11-9-12)16(5,6)19-18-15(2,3)4/h8-11H,7H2,1-6H3. The molecule has 0 N–H and O–H groups in total. The van der Waals surface area contributed by atoms with Gasteiger partial charge in [0, 0.05) is 12.0 Å². The van der Waals surface area contributed by atoms with Gasteiger partial charge in [-0.3, -0.25) is 4.79 Å². The summed E-state index contributed by atoms with van der Waals surface area (Å²) in [6, 6.07) is 7.50. The zero-order valence-electron chi connectivity index (χ0n) is 12.7. The van der Waals surface area contributed by atoms with Crippen LogP contribution >= 0.6 is 0 Å². The Labute approximate surface area is 115 Å². The SMILES string of the molecule is CCC(=O)c1ccc(C(C)(C)OOC(C)(C)C)cc1. The summed E-state index contributed by atoms with van der Waals surface area (Å²) in [4.78, 5) is 22.5. The van der Waals surface area contributed by atoms with E-state index in [-0.39, 0.29) is 11.4 Å². The van der Waals surface area contributed by atoms with Gasteiger partial charge in [-0.15, -0.1) is 0 Å². The minimum absolute atomic E-state index is 0.149. The van der Waals surface area contributed by atoms with E-state index in [4.69, 9.17) is 9.78 Å². The molecule has 19 heavy (non-hydrogen) atoms. The van der Waals surface area contributed by atoms with E-state index in [1.54, 1.807) is 0 Å². The summed E-state index contributed by atoms with van der Waals surface area (Å²) in [5.41, 5.74) is 0.805. The van der Waals surface area contributed by atoms with Crippen molar-refractivity contribution >= 4 is 5.78 Å². The van der Waals surface area contributed by atoms with E-state index in [0.717, 1.165) is 11.1 Å². The van der Waals surface area contributed by atoms with Crippen LogP contribution in [0, 0.1) is 0 Å². The number of Topliss-reactive ketones (excluding diaryl/α,β-unsaturated/α-hetero) is 1. The van der Waals surface area contributed by atoms with Gasteiger partial charge in [0.15, 0.2) is 5.78 Å². The molecule has 0 amide bonds. The molecule has 0 heterocycles. The fraction of sp³-hybridized carbons (Fsp3) is 0.562. The molecule has 0 atom stereocenters. The third kappa shape index (κ3) is 4.77. The van der Waals surface area contributed by atoms with E-state index in [9.17, 15) is 4.79 Å². The summed E-state index contributed by atoms with van der Waals surface area (Å²) in [7, 11) is 0. The van der Waals surface area contributed by atoms with Crippen LogP contribution in [0.1, 0.15) is 63.9 Å². The first-order chi connectivity index (χ1) is 8.65. The summed E-state index contributed by atoms with van der Waals surface area (Å²) in [5.74, 6) is 0.149. The predicted molar refractivity (Wildman–Crippen MR) is 76.0 cm³/mol. The first kappa shape index (κ1) is 15.9. The molecular formula is C16H24O3. The molecule has 0 aliphatic carbocycles. The minimum atomic E-state index is -0.554. The summed E-state index contributed by atoms with van der Waals surface area (Å²) >= 11 is 0. The van der Waals surface area contributed by atoms with Crippen LogP contribution in [0.2, 0.25) is 0 Å². The van der Waals surface area contributed by atoms with Crippen molar-refractivity contribution in [3.63, 3.8) is 0 Å². The summed E-state index contributed by atoms with van der Waals surface area (Å²) in [6.45, 7) is 11.6. The van der Waals surface area contributed by atoms with Crippen LogP contribution in [-0.4, -0.2) is 11.4 Å². The molecule has 1 rings (SSSR count). The second-order valence-electron chi connectivity index (χ2n) is 6.14. The van der Waals surface area contributed by atoms with Gasteiger partial charge in [0.05, 0.1) is 5.60 Å². The van der Waals surface area contributed by atoms with Crippen molar-refractivity contribution in [3.05, 3.63) is 35.4 Å². The quantitative estimate of drug-likeness (QED) is 0.453. The molecule has 1 aromatic rings. The van der Waals surface area contributed by atoms with Gasteiger partial charge >= 0.3 is 0 Å². The van der Waals surface area contributed by atoms with Crippen LogP contribution < -0.4 is 0 Å². The van der Waals surface area contributed by atoms with Gasteiger partial charge in [0.1, 0.15) is 5.60 Å². The average Bonchev–Trinajstić information content (AvgIpc) is 2.35. The van der Waals surface area contributed by atoms with E-state index < -0.39 is 5.60 Å². The van der Waals surface area contributed by atoms with E-state index in [1.165, 1.54) is 0 Å². The lowest BCUT2D eigenvalue weighted by molar-refractivity contribution is -0.401. The Morgan fingerprint density at radius 3 is 1.95 bits per heavy atom. The highest BCUT2D eigenvalue weighted by Gasteiger charge is 2.26. The molecule has 0 aliphatic heterocycles. The van der Waals surface area contributed by atoms with Crippen molar-refractivity contribution in [1.82, 2.24) is 0 Å². The number of rotatable bonds is 5. The normalized spacial score (nSPS) is 12.5. The van der Waals surface area contributed by atoms with Gasteiger partial charge < -0.3 is 0 Å². The summed E-state index contributed by atoms with van der Waals surface area (Å²) in [6.07, 6.45) is 0.520. The third-order valence-corrected chi connectivity index (χ3v) is 2.72. The van der Waals surface area contributed by atoms with Gasteiger partial charge in [-0.05, 0) is 40.2 Å². The molecule has 0 radical (unpaired) electrons. The lowest BCUT2D eigenvalue weighted by Crippen LogP contribution is -2.28. The molecule has 3 heteroatoms. The van der Waals surface area contributed by atoms with Crippen molar-refractivity contribution < 1.29 is 14.6 Å². The predicted octanol–water partition coefficient (Wildman–Crippen LogP) is 4.26. The van der Waals surface area contributed by atoms with Crippen LogP contribution in [0.5, 0.6) is 0 Å². The zero-order chi connectivity index (χ0) is 14.7. The van der Waals surface area contributed by atoms with Crippen molar-refractivity contribution in [3.8, 4) is 0 Å². The maximum Gasteiger partial charge on any atom is 0.162 e. The largest absolute Gasteiger partial charge is 0.294 e. The fourth-order valence-electron chi connectivity index (χ4n) is 1.54. The Kier molecular flexibility index (Phi) is 4.88. The zero-order valence-corrected chi connectivity index (χ0v) is 12.7. The van der Waals surface area contributed by atoms with Gasteiger partial charge in [-0.1, -0.05) is 31.2 Å². The number of hydrogen-bond acceptors (Lipinski definition) is 3. The van der Waals surface area contributed by atoms with Crippen LogP contribution in [-0.2, 0) is 15.4 Å². The van der Waals surface area contributed by atoms with Gasteiger partial charge in [0.2, 0.25) is 0 Å². The third-order valence-electron chi connectivity index (χ3n) is 2.72. The second kappa shape index (κ2) is 5.85. The highest BCUT2D eigenvalue weighted by Crippen LogP contribution is 2.27. The average molecular weight is 264 g/mol. The monoisotopic (exact) mass is 264 g/mol. The Balaban J connectivity index is 2.81. The molecule has 106 valence electrons. The van der Waals surface area contributed by atoms with Crippen LogP contribution in [0.15, 0.2) is 24.3 Å². The molecule has 0 aliphatic rings. The summed E-state index contributed by atoms with van der Waals surface area (Å²) in [5, 5.41) is 0. The number of carbonyl (C=O) groups is 1. The van der Waals surface area contributed by atoms with Gasteiger partial charge in [-0.25, -0.2) is 9.78 Å². The van der Waals surface area contributed by atoms with Crippen LogP contribution in [0.4, 0.5) is 0 Å². The maximum absolute atomic E-state index is 11.6. The molecule has 1 aromatic carbocycles. The highest BCUT2D eigenvalue weighted by molar-refractivity contribution is 5.95. The molecule has 3 nitrogen and oxygen atoms in total. The molecule has 0 saturated carbocycles. The Hall–Kier alpha value is -1.19. The Morgan fingerprint density at radius 2 is 1.53 bits per heavy atom. The molecular weight excluding hydrogens is 240 g/mol. The lowest BCUT2D eigenvalue weighted by Gasteiger charge is -2.29. The highest BCUT2D eigenvalue weighted by atomic mass is 17.2. The van der Waals surface area contributed by atoms with Crippen molar-refractivity contribution in [2.24, 2.45) is 0 Å². The van der Waals surface area contributed by atoms with E-state index in [2.05, 4.69) is 0 Å².